The Labute approximate surface area is 116 Å². The summed E-state index contributed by atoms with van der Waals surface area (Å²) in [5.74, 6) is -1.29. The number of halogens is 4. The molecule has 2 aromatic carbocycles. The van der Waals surface area contributed by atoms with Gasteiger partial charge in [-0.05, 0) is 36.4 Å². The van der Waals surface area contributed by atoms with Crippen molar-refractivity contribution in [3.8, 4) is 0 Å². The Kier molecular flexibility index (Phi) is 4.00. The molecule has 0 bridgehead atoms. The van der Waals surface area contributed by atoms with Gasteiger partial charge in [0.25, 0.3) is 0 Å². The maximum Gasteiger partial charge on any atom is 0.129 e. The van der Waals surface area contributed by atoms with Crippen LogP contribution in [0.3, 0.4) is 0 Å². The Balaban J connectivity index is 2.50. The minimum atomic E-state index is -1.31. The van der Waals surface area contributed by atoms with Crippen molar-refractivity contribution in [1.82, 2.24) is 0 Å². The number of aliphatic hydroxyl groups excluding tert-OH is 1. The molecule has 1 unspecified atom stereocenters. The smallest absolute Gasteiger partial charge is 0.129 e. The van der Waals surface area contributed by atoms with Crippen molar-refractivity contribution in [2.24, 2.45) is 0 Å². The Morgan fingerprint density at radius 3 is 2.50 bits per heavy atom. The van der Waals surface area contributed by atoms with Crippen molar-refractivity contribution in [3.05, 3.63) is 68.7 Å². The van der Waals surface area contributed by atoms with Crippen LogP contribution < -0.4 is 0 Å². The van der Waals surface area contributed by atoms with Crippen molar-refractivity contribution in [2.75, 3.05) is 0 Å². The van der Waals surface area contributed by atoms with Gasteiger partial charge in [-0.3, -0.25) is 0 Å². The lowest BCUT2D eigenvalue weighted by atomic mass is 10.0. The van der Waals surface area contributed by atoms with E-state index >= 15 is 0 Å². The van der Waals surface area contributed by atoms with E-state index in [1.807, 2.05) is 0 Å². The Morgan fingerprint density at radius 2 is 1.78 bits per heavy atom. The zero-order chi connectivity index (χ0) is 13.3. The van der Waals surface area contributed by atoms with Crippen molar-refractivity contribution >= 4 is 27.5 Å². The average Bonchev–Trinajstić information content (AvgIpc) is 2.34. The topological polar surface area (TPSA) is 20.2 Å². The predicted octanol–water partition coefficient (Wildman–Crippen LogP) is 4.46. The average molecular weight is 334 g/mol. The number of rotatable bonds is 2. The SMILES string of the molecule is OC(c1cc(F)ccc1F)c1cc(Br)ccc1Cl. The summed E-state index contributed by atoms with van der Waals surface area (Å²) in [6.07, 6.45) is -1.31. The molecule has 0 amide bonds. The van der Waals surface area contributed by atoms with Crippen LogP contribution in [0.4, 0.5) is 8.78 Å². The highest BCUT2D eigenvalue weighted by molar-refractivity contribution is 9.10. The minimum Gasteiger partial charge on any atom is -0.383 e. The number of benzene rings is 2. The van der Waals surface area contributed by atoms with Gasteiger partial charge in [0.1, 0.15) is 17.7 Å². The summed E-state index contributed by atoms with van der Waals surface area (Å²) >= 11 is 9.17. The van der Waals surface area contributed by atoms with Crippen LogP contribution in [-0.4, -0.2) is 5.11 Å². The quantitative estimate of drug-likeness (QED) is 0.860. The summed E-state index contributed by atoms with van der Waals surface area (Å²) in [4.78, 5) is 0. The highest BCUT2D eigenvalue weighted by atomic mass is 79.9. The molecule has 0 aliphatic heterocycles. The molecule has 1 atom stereocenters. The molecule has 18 heavy (non-hydrogen) atoms. The highest BCUT2D eigenvalue weighted by Crippen LogP contribution is 2.32. The Morgan fingerprint density at radius 1 is 1.06 bits per heavy atom. The lowest BCUT2D eigenvalue weighted by Crippen LogP contribution is -2.04. The van der Waals surface area contributed by atoms with Gasteiger partial charge in [-0.2, -0.15) is 0 Å². The molecule has 2 rings (SSSR count). The van der Waals surface area contributed by atoms with Crippen molar-refractivity contribution < 1.29 is 13.9 Å². The first kappa shape index (κ1) is 13.5. The van der Waals surface area contributed by atoms with Gasteiger partial charge < -0.3 is 5.11 Å². The molecule has 0 aliphatic carbocycles. The molecule has 0 radical (unpaired) electrons. The van der Waals surface area contributed by atoms with E-state index in [2.05, 4.69) is 15.9 Å². The van der Waals surface area contributed by atoms with E-state index < -0.39 is 17.7 Å². The maximum atomic E-state index is 13.6. The first-order valence-corrected chi connectivity index (χ1v) is 6.24. The van der Waals surface area contributed by atoms with Crippen LogP contribution in [0.1, 0.15) is 17.2 Å². The summed E-state index contributed by atoms with van der Waals surface area (Å²) < 4.78 is 27.3. The minimum absolute atomic E-state index is 0.144. The number of aliphatic hydroxyl groups is 1. The van der Waals surface area contributed by atoms with Crippen molar-refractivity contribution in [1.29, 1.82) is 0 Å². The zero-order valence-corrected chi connectivity index (χ0v) is 11.3. The van der Waals surface area contributed by atoms with Gasteiger partial charge in [-0.25, -0.2) is 8.78 Å². The number of hydrogen-bond acceptors (Lipinski definition) is 1. The molecular weight excluding hydrogens is 325 g/mol. The summed E-state index contributed by atoms with van der Waals surface area (Å²) in [6, 6.07) is 7.75. The Bertz CT molecular complexity index is 538. The molecule has 1 nitrogen and oxygen atoms in total. The fraction of sp³-hybridized carbons (Fsp3) is 0.0769. The molecule has 94 valence electrons. The summed E-state index contributed by atoms with van der Waals surface area (Å²) in [5.41, 5.74) is 0.172. The molecule has 0 fully saturated rings. The Hall–Kier alpha value is -0.970. The second-order valence-corrected chi connectivity index (χ2v) is 5.06. The van der Waals surface area contributed by atoms with E-state index in [1.165, 1.54) is 0 Å². The van der Waals surface area contributed by atoms with E-state index in [1.54, 1.807) is 18.2 Å². The lowest BCUT2D eigenvalue weighted by Gasteiger charge is -2.14. The van der Waals surface area contributed by atoms with Gasteiger partial charge in [-0.1, -0.05) is 27.5 Å². The second-order valence-electron chi connectivity index (χ2n) is 3.73. The molecular formula is C13H8BrClF2O. The van der Waals surface area contributed by atoms with Crippen LogP contribution in [0.15, 0.2) is 40.9 Å². The molecule has 1 N–H and O–H groups in total. The van der Waals surface area contributed by atoms with E-state index in [4.69, 9.17) is 11.6 Å². The molecule has 0 aromatic heterocycles. The largest absolute Gasteiger partial charge is 0.383 e. The normalized spacial score (nSPS) is 12.5. The third-order valence-electron chi connectivity index (χ3n) is 2.51. The lowest BCUT2D eigenvalue weighted by molar-refractivity contribution is 0.214. The predicted molar refractivity (Wildman–Crippen MR) is 69.6 cm³/mol. The highest BCUT2D eigenvalue weighted by Gasteiger charge is 2.18. The summed E-state index contributed by atoms with van der Waals surface area (Å²) in [7, 11) is 0. The van der Waals surface area contributed by atoms with Gasteiger partial charge in [-0.15, -0.1) is 0 Å². The second kappa shape index (κ2) is 5.34. The third-order valence-corrected chi connectivity index (χ3v) is 3.34. The van der Waals surface area contributed by atoms with E-state index in [9.17, 15) is 13.9 Å². The molecule has 0 saturated carbocycles. The first-order valence-electron chi connectivity index (χ1n) is 5.07. The molecule has 0 saturated heterocycles. The van der Waals surface area contributed by atoms with E-state index in [0.717, 1.165) is 18.2 Å². The van der Waals surface area contributed by atoms with E-state index in [0.29, 0.717) is 10.0 Å². The van der Waals surface area contributed by atoms with Crippen LogP contribution in [-0.2, 0) is 0 Å². The zero-order valence-electron chi connectivity index (χ0n) is 9.00. The third kappa shape index (κ3) is 2.71. The fourth-order valence-corrected chi connectivity index (χ4v) is 2.22. The van der Waals surface area contributed by atoms with Gasteiger partial charge in [0.05, 0.1) is 0 Å². The maximum absolute atomic E-state index is 13.6. The molecule has 0 heterocycles. The fourth-order valence-electron chi connectivity index (χ4n) is 1.62. The molecule has 5 heteroatoms. The van der Waals surface area contributed by atoms with Gasteiger partial charge >= 0.3 is 0 Å². The monoisotopic (exact) mass is 332 g/mol. The molecule has 2 aromatic rings. The van der Waals surface area contributed by atoms with Crippen molar-refractivity contribution in [2.45, 2.75) is 6.10 Å². The molecule has 0 spiro atoms. The standard InChI is InChI=1S/C13H8BrClF2O/c14-7-1-3-11(15)9(5-7)13(18)10-6-8(16)2-4-12(10)17/h1-6,13,18H. The van der Waals surface area contributed by atoms with Crippen LogP contribution in [0.5, 0.6) is 0 Å². The van der Waals surface area contributed by atoms with Gasteiger partial charge in [0.2, 0.25) is 0 Å². The van der Waals surface area contributed by atoms with Gasteiger partial charge in [0, 0.05) is 20.6 Å². The van der Waals surface area contributed by atoms with E-state index in [-0.39, 0.29) is 10.6 Å². The summed E-state index contributed by atoms with van der Waals surface area (Å²) in [5, 5.41) is 10.4. The van der Waals surface area contributed by atoms with Crippen LogP contribution in [0, 0.1) is 11.6 Å². The van der Waals surface area contributed by atoms with Crippen LogP contribution >= 0.6 is 27.5 Å². The first-order chi connectivity index (χ1) is 8.49. The molecule has 0 aliphatic rings. The van der Waals surface area contributed by atoms with Crippen LogP contribution in [0.2, 0.25) is 5.02 Å². The van der Waals surface area contributed by atoms with Crippen molar-refractivity contribution in [3.63, 3.8) is 0 Å². The van der Waals surface area contributed by atoms with Crippen LogP contribution in [0.25, 0.3) is 0 Å². The van der Waals surface area contributed by atoms with Gasteiger partial charge in [0.15, 0.2) is 0 Å². The summed E-state index contributed by atoms with van der Waals surface area (Å²) in [6.45, 7) is 0. The number of hydrogen-bond donors (Lipinski definition) is 1.